The molecule has 0 bridgehead atoms. The van der Waals surface area contributed by atoms with Crippen molar-refractivity contribution in [1.29, 1.82) is 0 Å². The topological polar surface area (TPSA) is 61.5 Å². The number of benzene rings is 1. The lowest BCUT2D eigenvalue weighted by Crippen LogP contribution is -2.26. The minimum Gasteiger partial charge on any atom is -0.493 e. The van der Waals surface area contributed by atoms with Crippen LogP contribution in [0.3, 0.4) is 0 Å². The zero-order valence-electron chi connectivity index (χ0n) is 12.4. The smallest absolute Gasteiger partial charge is 0.163 e. The summed E-state index contributed by atoms with van der Waals surface area (Å²) in [6.07, 6.45) is 0.416. The van der Waals surface area contributed by atoms with E-state index < -0.39 is 0 Å². The summed E-state index contributed by atoms with van der Waals surface area (Å²) in [4.78, 5) is 12.4. The summed E-state index contributed by atoms with van der Waals surface area (Å²) in [5.41, 5.74) is 7.03. The number of rotatable bonds is 6. The van der Waals surface area contributed by atoms with Crippen LogP contribution in [0.2, 0.25) is 0 Å². The van der Waals surface area contributed by atoms with E-state index in [-0.39, 0.29) is 11.2 Å². The molecule has 4 nitrogen and oxygen atoms in total. The van der Waals surface area contributed by atoms with Gasteiger partial charge in [-0.05, 0) is 36.6 Å². The van der Waals surface area contributed by atoms with Crippen molar-refractivity contribution in [2.45, 2.75) is 27.2 Å². The van der Waals surface area contributed by atoms with Gasteiger partial charge in [0.15, 0.2) is 17.3 Å². The maximum Gasteiger partial charge on any atom is 0.163 e. The van der Waals surface area contributed by atoms with Crippen LogP contribution in [0.4, 0.5) is 0 Å². The second kappa shape index (κ2) is 6.06. The fourth-order valence-electron chi connectivity index (χ4n) is 1.88. The highest BCUT2D eigenvalue weighted by Gasteiger charge is 2.23. The van der Waals surface area contributed by atoms with Crippen molar-refractivity contribution in [3.8, 4) is 11.5 Å². The largest absolute Gasteiger partial charge is 0.493 e. The molecule has 1 aromatic rings. The first kappa shape index (κ1) is 15.5. The van der Waals surface area contributed by atoms with Gasteiger partial charge in [-0.15, -0.1) is 0 Å². The summed E-state index contributed by atoms with van der Waals surface area (Å²) >= 11 is 0. The van der Waals surface area contributed by atoms with Crippen LogP contribution < -0.4 is 15.2 Å². The quantitative estimate of drug-likeness (QED) is 0.803. The van der Waals surface area contributed by atoms with Crippen LogP contribution in [0.5, 0.6) is 11.5 Å². The van der Waals surface area contributed by atoms with Crippen molar-refractivity contribution >= 4 is 5.78 Å². The van der Waals surface area contributed by atoms with E-state index >= 15 is 0 Å². The van der Waals surface area contributed by atoms with E-state index in [4.69, 9.17) is 15.2 Å². The lowest BCUT2D eigenvalue weighted by molar-refractivity contribution is 0.0934. The maximum absolute atomic E-state index is 12.4. The van der Waals surface area contributed by atoms with Crippen molar-refractivity contribution < 1.29 is 14.3 Å². The number of carbonyl (C=O) groups is 1. The molecule has 0 amide bonds. The predicted molar refractivity (Wildman–Crippen MR) is 76.1 cm³/mol. The molecule has 1 aromatic carbocycles. The standard InChI is InChI=1S/C15H23NO3/c1-10-6-13(18-4)14(19-5)7-11(10)12(17)8-15(2,3)9-16/h6-7H,8-9,16H2,1-5H3. The number of methoxy groups -OCH3 is 2. The van der Waals surface area contributed by atoms with Crippen LogP contribution in [-0.2, 0) is 0 Å². The van der Waals surface area contributed by atoms with Crippen LogP contribution in [-0.4, -0.2) is 26.5 Å². The summed E-state index contributed by atoms with van der Waals surface area (Å²) < 4.78 is 10.5. The van der Waals surface area contributed by atoms with Gasteiger partial charge in [0.1, 0.15) is 0 Å². The minimum atomic E-state index is -0.198. The summed E-state index contributed by atoms with van der Waals surface area (Å²) in [5.74, 6) is 1.28. The predicted octanol–water partition coefficient (Wildman–Crippen LogP) is 2.57. The number of hydrogen-bond acceptors (Lipinski definition) is 4. The summed E-state index contributed by atoms with van der Waals surface area (Å²) in [5, 5.41) is 0. The molecule has 0 unspecified atom stereocenters. The maximum atomic E-state index is 12.4. The van der Waals surface area contributed by atoms with E-state index in [9.17, 15) is 4.79 Å². The van der Waals surface area contributed by atoms with Gasteiger partial charge in [-0.2, -0.15) is 0 Å². The van der Waals surface area contributed by atoms with Crippen molar-refractivity contribution in [1.82, 2.24) is 0 Å². The number of hydrogen-bond donors (Lipinski definition) is 1. The number of Topliss-reactive ketones (excluding diaryl/α,β-unsaturated/α-hetero) is 1. The second-order valence-corrected chi connectivity index (χ2v) is 5.49. The van der Waals surface area contributed by atoms with Gasteiger partial charge >= 0.3 is 0 Å². The third kappa shape index (κ3) is 3.70. The highest BCUT2D eigenvalue weighted by atomic mass is 16.5. The number of aryl methyl sites for hydroxylation is 1. The van der Waals surface area contributed by atoms with E-state index in [1.54, 1.807) is 20.3 Å². The Hall–Kier alpha value is -1.55. The van der Waals surface area contributed by atoms with Crippen LogP contribution in [0.25, 0.3) is 0 Å². The molecule has 0 saturated carbocycles. The normalized spacial score (nSPS) is 11.3. The molecule has 0 spiro atoms. The molecule has 0 saturated heterocycles. The van der Waals surface area contributed by atoms with Crippen molar-refractivity contribution in [3.63, 3.8) is 0 Å². The van der Waals surface area contributed by atoms with Gasteiger partial charge in [0, 0.05) is 12.0 Å². The second-order valence-electron chi connectivity index (χ2n) is 5.49. The first-order chi connectivity index (χ1) is 8.84. The van der Waals surface area contributed by atoms with E-state index in [0.29, 0.717) is 30.0 Å². The number of carbonyl (C=O) groups excluding carboxylic acids is 1. The average Bonchev–Trinajstić information content (AvgIpc) is 2.37. The minimum absolute atomic E-state index is 0.0777. The molecule has 0 radical (unpaired) electrons. The monoisotopic (exact) mass is 265 g/mol. The first-order valence-corrected chi connectivity index (χ1v) is 6.30. The zero-order valence-corrected chi connectivity index (χ0v) is 12.4. The van der Waals surface area contributed by atoms with Crippen LogP contribution in [0, 0.1) is 12.3 Å². The Kier molecular flexibility index (Phi) is 4.95. The van der Waals surface area contributed by atoms with Crippen molar-refractivity contribution in [3.05, 3.63) is 23.3 Å². The fraction of sp³-hybridized carbons (Fsp3) is 0.533. The number of ketones is 1. The van der Waals surface area contributed by atoms with Crippen molar-refractivity contribution in [2.75, 3.05) is 20.8 Å². The summed E-state index contributed by atoms with van der Waals surface area (Å²) in [6, 6.07) is 3.56. The average molecular weight is 265 g/mol. The third-order valence-electron chi connectivity index (χ3n) is 3.22. The molecule has 19 heavy (non-hydrogen) atoms. The van der Waals surface area contributed by atoms with Gasteiger partial charge in [-0.25, -0.2) is 0 Å². The molecule has 0 fully saturated rings. The number of ether oxygens (including phenoxy) is 2. The van der Waals surface area contributed by atoms with Crippen LogP contribution in [0.15, 0.2) is 12.1 Å². The Balaban J connectivity index is 3.10. The molecule has 0 heterocycles. The summed E-state index contributed by atoms with van der Waals surface area (Å²) in [7, 11) is 3.14. The Morgan fingerprint density at radius 3 is 2.21 bits per heavy atom. The van der Waals surface area contributed by atoms with E-state index in [2.05, 4.69) is 0 Å². The Labute approximate surface area is 114 Å². The Morgan fingerprint density at radius 1 is 1.21 bits per heavy atom. The highest BCUT2D eigenvalue weighted by Crippen LogP contribution is 2.32. The van der Waals surface area contributed by atoms with Gasteiger partial charge in [-0.1, -0.05) is 13.8 Å². The van der Waals surface area contributed by atoms with Gasteiger partial charge in [0.25, 0.3) is 0 Å². The van der Waals surface area contributed by atoms with E-state index in [1.165, 1.54) is 0 Å². The molecule has 2 N–H and O–H groups in total. The lowest BCUT2D eigenvalue weighted by Gasteiger charge is -2.22. The first-order valence-electron chi connectivity index (χ1n) is 6.30. The van der Waals surface area contributed by atoms with Crippen molar-refractivity contribution in [2.24, 2.45) is 11.1 Å². The zero-order chi connectivity index (χ0) is 14.6. The van der Waals surface area contributed by atoms with Crippen LogP contribution in [0.1, 0.15) is 36.2 Å². The lowest BCUT2D eigenvalue weighted by atomic mass is 9.85. The molecular weight excluding hydrogens is 242 g/mol. The molecule has 106 valence electrons. The SMILES string of the molecule is COc1cc(C)c(C(=O)CC(C)(C)CN)cc1OC. The third-order valence-corrected chi connectivity index (χ3v) is 3.22. The Bertz CT molecular complexity index is 467. The summed E-state index contributed by atoms with van der Waals surface area (Å²) in [6.45, 7) is 6.34. The molecule has 0 aromatic heterocycles. The molecule has 0 atom stereocenters. The van der Waals surface area contributed by atoms with Crippen LogP contribution >= 0.6 is 0 Å². The van der Waals surface area contributed by atoms with Gasteiger partial charge in [0.05, 0.1) is 14.2 Å². The van der Waals surface area contributed by atoms with E-state index in [0.717, 1.165) is 5.56 Å². The van der Waals surface area contributed by atoms with Gasteiger partial charge in [-0.3, -0.25) is 4.79 Å². The molecule has 4 heteroatoms. The molecular formula is C15H23NO3. The molecule has 1 rings (SSSR count). The van der Waals surface area contributed by atoms with Gasteiger partial charge < -0.3 is 15.2 Å². The number of nitrogens with two attached hydrogens (primary N) is 1. The van der Waals surface area contributed by atoms with Gasteiger partial charge in [0.2, 0.25) is 0 Å². The Morgan fingerprint density at radius 2 is 1.74 bits per heavy atom. The molecule has 0 aliphatic rings. The molecule has 0 aliphatic heterocycles. The highest BCUT2D eigenvalue weighted by molar-refractivity contribution is 5.98. The van der Waals surface area contributed by atoms with E-state index in [1.807, 2.05) is 26.8 Å². The fourth-order valence-corrected chi connectivity index (χ4v) is 1.88. The molecule has 0 aliphatic carbocycles.